The van der Waals surface area contributed by atoms with Crippen molar-refractivity contribution in [1.29, 1.82) is 0 Å². The number of piperidine rings is 1. The fraction of sp³-hybridized carbons (Fsp3) is 0.250. The van der Waals surface area contributed by atoms with Crippen molar-refractivity contribution in [1.82, 2.24) is 20.5 Å². The van der Waals surface area contributed by atoms with Crippen LogP contribution < -0.4 is 20.9 Å². The number of amides is 1. The number of likely N-dealkylation sites (tertiary alicyclic amines) is 1. The van der Waals surface area contributed by atoms with Gasteiger partial charge in [0.2, 0.25) is 5.56 Å². The fourth-order valence-corrected chi connectivity index (χ4v) is 9.35. The van der Waals surface area contributed by atoms with Gasteiger partial charge in [0.1, 0.15) is 23.2 Å². The Morgan fingerprint density at radius 1 is 0.877 bits per heavy atom. The number of methoxy groups -OCH3 is 1. The standard InChI is InChI=1S/C52H51FN4O7S/c1-63-46-27-42(43(53)26-38(46)28-54-30-45(59)40-16-18-44(58)50-41(40)17-20-48(60)56-50)51(61)55-29-39-15-19-47(65-39)36-13-8-14-37(25-36)49(35-11-6-3-7-12-35)52(62)64-32-34-21-23-57(24-22-34)31-33-9-4-2-5-10-33/h2-20,25-27,34,45,49,54,58-59H,21-24,28-32H2,1H3,(H,55,61)(H,56,60)/t45-,49?/m0/s1. The van der Waals surface area contributed by atoms with Gasteiger partial charge in [0.15, 0.2) is 0 Å². The number of H-pyrrole nitrogens is 1. The van der Waals surface area contributed by atoms with Crippen molar-refractivity contribution in [3.63, 3.8) is 0 Å². The molecule has 3 heterocycles. The first-order valence-corrected chi connectivity index (χ1v) is 22.5. The number of hydrogen-bond acceptors (Lipinski definition) is 10. The number of rotatable bonds is 17. The van der Waals surface area contributed by atoms with Crippen molar-refractivity contribution in [3.8, 4) is 21.9 Å². The highest BCUT2D eigenvalue weighted by Crippen LogP contribution is 2.34. The smallest absolute Gasteiger partial charge is 0.317 e. The van der Waals surface area contributed by atoms with Crippen molar-refractivity contribution in [2.45, 2.75) is 44.5 Å². The molecule has 11 nitrogen and oxygen atoms in total. The molecule has 7 aromatic rings. The van der Waals surface area contributed by atoms with E-state index in [0.717, 1.165) is 58.9 Å². The number of aromatic hydroxyl groups is 1. The lowest BCUT2D eigenvalue weighted by molar-refractivity contribution is -0.146. The molecule has 1 amide bonds. The molecular weight excluding hydrogens is 844 g/mol. The third kappa shape index (κ3) is 11.0. The Balaban J connectivity index is 0.870. The molecule has 0 saturated carbocycles. The van der Waals surface area contributed by atoms with Gasteiger partial charge in [-0.2, -0.15) is 0 Å². The highest BCUT2D eigenvalue weighted by molar-refractivity contribution is 7.15. The molecule has 1 aliphatic heterocycles. The third-order valence-corrected chi connectivity index (χ3v) is 13.0. The fourth-order valence-electron chi connectivity index (χ4n) is 8.41. The van der Waals surface area contributed by atoms with Gasteiger partial charge in [-0.25, -0.2) is 4.39 Å². The molecule has 2 atom stereocenters. The van der Waals surface area contributed by atoms with E-state index in [1.54, 1.807) is 6.07 Å². The van der Waals surface area contributed by atoms with Gasteiger partial charge >= 0.3 is 5.97 Å². The van der Waals surface area contributed by atoms with Crippen LogP contribution in [-0.4, -0.2) is 65.3 Å². The average Bonchev–Trinajstić information content (AvgIpc) is 3.81. The van der Waals surface area contributed by atoms with Gasteiger partial charge in [-0.05, 0) is 102 Å². The number of ether oxygens (including phenoxy) is 2. The van der Waals surface area contributed by atoms with E-state index in [1.807, 2.05) is 72.8 Å². The van der Waals surface area contributed by atoms with E-state index in [0.29, 0.717) is 34.8 Å². The number of pyridine rings is 1. The number of benzene rings is 5. The molecule has 1 aliphatic rings. The summed E-state index contributed by atoms with van der Waals surface area (Å²) < 4.78 is 27.1. The van der Waals surface area contributed by atoms with Crippen LogP contribution in [0.1, 0.15) is 67.9 Å². The molecule has 2 aromatic heterocycles. The second kappa shape index (κ2) is 20.9. The molecule has 8 rings (SSSR count). The number of fused-ring (bicyclic) bond motifs is 1. The SMILES string of the molecule is COc1cc(C(=O)NCc2ccc(-c3cccc(C(C(=O)OCC4CCN(Cc5ccccc5)CC4)c4ccccc4)c3)s2)c(F)cc1CNC[C@H](O)c1ccc(O)c2[nH]c(=O)ccc12. The summed E-state index contributed by atoms with van der Waals surface area (Å²) in [5.41, 5.74) is 4.50. The summed E-state index contributed by atoms with van der Waals surface area (Å²) in [6, 6.07) is 40.4. The van der Waals surface area contributed by atoms with Crippen molar-refractivity contribution < 1.29 is 33.7 Å². The van der Waals surface area contributed by atoms with E-state index >= 15 is 4.39 Å². The second-order valence-corrected chi connectivity index (χ2v) is 17.5. The number of aliphatic hydroxyl groups excluding tert-OH is 1. The van der Waals surface area contributed by atoms with Crippen LogP contribution in [-0.2, 0) is 29.2 Å². The van der Waals surface area contributed by atoms with E-state index in [1.165, 1.54) is 54.3 Å². The number of phenolic OH excluding ortho intramolecular Hbond substituents is 1. The summed E-state index contributed by atoms with van der Waals surface area (Å²) in [5.74, 6) is -1.72. The van der Waals surface area contributed by atoms with Gasteiger partial charge in [-0.15, -0.1) is 11.3 Å². The largest absolute Gasteiger partial charge is 0.506 e. The van der Waals surface area contributed by atoms with Crippen LogP contribution in [0.3, 0.4) is 0 Å². The number of carbonyl (C=O) groups is 2. The number of thiophene rings is 1. The van der Waals surface area contributed by atoms with Crippen LogP contribution in [0.4, 0.5) is 4.39 Å². The van der Waals surface area contributed by atoms with E-state index in [2.05, 4.69) is 44.8 Å². The average molecular weight is 895 g/mol. The Kier molecular flexibility index (Phi) is 14.5. The maximum atomic E-state index is 15.5. The van der Waals surface area contributed by atoms with Crippen LogP contribution in [0.2, 0.25) is 0 Å². The normalized spacial score (nSPS) is 14.2. The van der Waals surface area contributed by atoms with E-state index in [9.17, 15) is 24.6 Å². The van der Waals surface area contributed by atoms with Crippen LogP contribution in [0, 0.1) is 11.7 Å². The first-order chi connectivity index (χ1) is 31.6. The quantitative estimate of drug-likeness (QED) is 0.0567. The Morgan fingerprint density at radius 2 is 1.63 bits per heavy atom. The van der Waals surface area contributed by atoms with Gasteiger partial charge in [-0.1, -0.05) is 84.9 Å². The molecule has 334 valence electrons. The minimum Gasteiger partial charge on any atom is -0.506 e. The molecule has 65 heavy (non-hydrogen) atoms. The minimum absolute atomic E-state index is 0.0647. The molecule has 0 aliphatic carbocycles. The Morgan fingerprint density at radius 3 is 2.40 bits per heavy atom. The minimum atomic E-state index is -1.02. The number of aromatic nitrogens is 1. The second-order valence-electron chi connectivity index (χ2n) is 16.3. The number of aliphatic hydroxyl groups is 1. The number of hydrogen-bond donors (Lipinski definition) is 5. The van der Waals surface area contributed by atoms with E-state index in [-0.39, 0.29) is 48.0 Å². The zero-order valence-corrected chi connectivity index (χ0v) is 36.8. The van der Waals surface area contributed by atoms with E-state index < -0.39 is 23.7 Å². The Hall–Kier alpha value is -6.64. The molecule has 5 aromatic carbocycles. The van der Waals surface area contributed by atoms with Crippen molar-refractivity contribution >= 4 is 34.1 Å². The molecule has 1 saturated heterocycles. The number of carbonyl (C=O) groups excluding carboxylic acids is 2. The summed E-state index contributed by atoms with van der Waals surface area (Å²) in [7, 11) is 1.43. The van der Waals surface area contributed by atoms with Crippen LogP contribution in [0.25, 0.3) is 21.3 Å². The number of nitrogens with zero attached hydrogens (tertiary/aromatic N) is 1. The summed E-state index contributed by atoms with van der Waals surface area (Å²) in [4.78, 5) is 45.9. The van der Waals surface area contributed by atoms with Gasteiger partial charge < -0.3 is 35.3 Å². The maximum absolute atomic E-state index is 15.5. The number of nitrogens with one attached hydrogen (secondary N) is 3. The number of phenols is 1. The van der Waals surface area contributed by atoms with Crippen LogP contribution in [0.5, 0.6) is 11.5 Å². The van der Waals surface area contributed by atoms with Gasteiger partial charge in [-0.3, -0.25) is 19.3 Å². The van der Waals surface area contributed by atoms with Crippen molar-refractivity contribution in [2.24, 2.45) is 5.92 Å². The lowest BCUT2D eigenvalue weighted by atomic mass is 9.90. The van der Waals surface area contributed by atoms with Crippen LogP contribution in [0.15, 0.2) is 138 Å². The van der Waals surface area contributed by atoms with Crippen molar-refractivity contribution in [2.75, 3.05) is 33.4 Å². The molecule has 0 radical (unpaired) electrons. The monoisotopic (exact) mass is 894 g/mol. The molecule has 0 spiro atoms. The zero-order valence-electron chi connectivity index (χ0n) is 36.0. The lowest BCUT2D eigenvalue weighted by Crippen LogP contribution is -2.35. The highest BCUT2D eigenvalue weighted by Gasteiger charge is 2.28. The topological polar surface area (TPSA) is 153 Å². The van der Waals surface area contributed by atoms with E-state index in [4.69, 9.17) is 9.47 Å². The van der Waals surface area contributed by atoms with Crippen LogP contribution >= 0.6 is 11.3 Å². The van der Waals surface area contributed by atoms with Crippen molar-refractivity contribution in [3.05, 3.63) is 188 Å². The van der Waals surface area contributed by atoms with Gasteiger partial charge in [0.25, 0.3) is 5.91 Å². The first kappa shape index (κ1) is 44.9. The Bertz CT molecular complexity index is 2810. The molecule has 1 unspecified atom stereocenters. The lowest BCUT2D eigenvalue weighted by Gasteiger charge is -2.32. The molecular formula is C52H51FN4O7S. The maximum Gasteiger partial charge on any atom is 0.317 e. The molecule has 5 N–H and O–H groups in total. The van der Waals surface area contributed by atoms with Gasteiger partial charge in [0.05, 0.1) is 37.4 Å². The Labute approximate surface area is 380 Å². The molecule has 1 fully saturated rings. The summed E-state index contributed by atoms with van der Waals surface area (Å²) in [5, 5.41) is 27.6. The first-order valence-electron chi connectivity index (χ1n) is 21.7. The molecule has 0 bridgehead atoms. The predicted molar refractivity (Wildman–Crippen MR) is 250 cm³/mol. The number of halogens is 1. The third-order valence-electron chi connectivity index (χ3n) is 11.9. The number of aromatic amines is 1. The predicted octanol–water partition coefficient (Wildman–Crippen LogP) is 8.45. The summed E-state index contributed by atoms with van der Waals surface area (Å²) in [6.07, 6.45) is 0.932. The number of esters is 1. The summed E-state index contributed by atoms with van der Waals surface area (Å²) in [6.45, 7) is 3.59. The summed E-state index contributed by atoms with van der Waals surface area (Å²) >= 11 is 1.49. The highest BCUT2D eigenvalue weighted by atomic mass is 32.1. The molecule has 13 heteroatoms. The zero-order chi connectivity index (χ0) is 45.3. The van der Waals surface area contributed by atoms with Gasteiger partial charge in [0, 0.05) is 46.4 Å².